The summed E-state index contributed by atoms with van der Waals surface area (Å²) < 4.78 is 11.7. The molecule has 0 radical (unpaired) electrons. The molecule has 0 aliphatic carbocycles. The number of hydrogen-bond acceptors (Lipinski definition) is 3. The van der Waals surface area contributed by atoms with Crippen molar-refractivity contribution in [3.05, 3.63) is 180 Å². The van der Waals surface area contributed by atoms with Gasteiger partial charge in [0, 0.05) is 21.5 Å². The van der Waals surface area contributed by atoms with Gasteiger partial charge in [0.2, 0.25) is 0 Å². The molecule has 0 fully saturated rings. The highest BCUT2D eigenvalue weighted by Crippen LogP contribution is 2.45. The lowest BCUT2D eigenvalue weighted by molar-refractivity contribution is 0.484. The summed E-state index contributed by atoms with van der Waals surface area (Å²) in [5, 5.41) is 6.78. The Balaban J connectivity index is 1.06. The van der Waals surface area contributed by atoms with Crippen molar-refractivity contribution < 1.29 is 4.74 Å². The molecule has 5 heteroatoms. The normalized spacial score (nSPS) is 12.4. The highest BCUT2D eigenvalue weighted by atomic mass is 16.5. The van der Waals surface area contributed by atoms with Gasteiger partial charge in [-0.15, -0.1) is 0 Å². The summed E-state index contributed by atoms with van der Waals surface area (Å²) in [5.74, 6) is 3.01. The minimum Gasteiger partial charge on any atom is -0.457 e. The maximum absolute atomic E-state index is 6.95. The Hall–Kier alpha value is -7.50. The van der Waals surface area contributed by atoms with Crippen LogP contribution in [0.25, 0.3) is 99.0 Å². The zero-order valence-electron chi connectivity index (χ0n) is 39.5. The van der Waals surface area contributed by atoms with E-state index in [0.717, 1.165) is 77.4 Å². The molecule has 0 unspecified atom stereocenters. The molecule has 0 spiro atoms. The van der Waals surface area contributed by atoms with E-state index in [-0.39, 0.29) is 0 Å². The van der Waals surface area contributed by atoms with Crippen molar-refractivity contribution >= 4 is 76.7 Å². The maximum atomic E-state index is 6.95. The number of pyridine rings is 2. The van der Waals surface area contributed by atoms with Crippen LogP contribution in [0.3, 0.4) is 0 Å². The number of aromatic nitrogens is 4. The SMILES string of the molecule is CC(C)c1cccc(C(C)C)c1-c1ccc2c3ccc(Oc4ccc5c(c4)c4nc6ccccc6n4c4cccc(-c6c(C(C)C)cccc6C(C)C)c54)cc3c3nc4ccccc4n3c2c1. The van der Waals surface area contributed by atoms with Gasteiger partial charge in [-0.25, -0.2) is 9.97 Å². The Kier molecular flexibility index (Phi) is 9.51. The number of nitrogens with zero attached hydrogens (tertiary/aromatic N) is 4. The van der Waals surface area contributed by atoms with Gasteiger partial charge in [0.1, 0.15) is 22.8 Å². The molecule has 0 bridgehead atoms. The van der Waals surface area contributed by atoms with Crippen LogP contribution < -0.4 is 4.74 Å². The molecule has 0 atom stereocenters. The van der Waals surface area contributed by atoms with E-state index in [1.807, 2.05) is 0 Å². The number of para-hydroxylation sites is 4. The van der Waals surface area contributed by atoms with Gasteiger partial charge in [-0.1, -0.05) is 140 Å². The zero-order valence-corrected chi connectivity index (χ0v) is 39.5. The fourth-order valence-corrected chi connectivity index (χ4v) is 11.1. The molecule has 0 saturated heterocycles. The van der Waals surface area contributed by atoms with Crippen molar-refractivity contribution in [3.8, 4) is 33.8 Å². The largest absolute Gasteiger partial charge is 0.457 e. The smallest absolute Gasteiger partial charge is 0.146 e. The van der Waals surface area contributed by atoms with E-state index in [1.54, 1.807) is 0 Å². The molecule has 8 aromatic carbocycles. The quantitative estimate of drug-likeness (QED) is 0.143. The first-order chi connectivity index (χ1) is 32.5. The van der Waals surface area contributed by atoms with Crippen LogP contribution in [0.1, 0.15) is 101 Å². The van der Waals surface area contributed by atoms with Crippen molar-refractivity contribution in [3.63, 3.8) is 0 Å². The Morgan fingerprint density at radius 3 is 1.40 bits per heavy atom. The molecule has 0 saturated carbocycles. The fraction of sp³-hybridized carbons (Fsp3) is 0.194. The summed E-state index contributed by atoms with van der Waals surface area (Å²) in [6.45, 7) is 18.4. The molecule has 4 heterocycles. The first kappa shape index (κ1) is 41.0. The molecule has 67 heavy (non-hydrogen) atoms. The van der Waals surface area contributed by atoms with Crippen LogP contribution in [0.5, 0.6) is 11.5 Å². The van der Waals surface area contributed by atoms with Crippen molar-refractivity contribution in [1.29, 1.82) is 0 Å². The highest BCUT2D eigenvalue weighted by molar-refractivity contribution is 6.19. The molecule has 0 N–H and O–H groups in total. The maximum Gasteiger partial charge on any atom is 0.146 e. The second kappa shape index (κ2) is 15.6. The number of hydrogen-bond donors (Lipinski definition) is 0. The van der Waals surface area contributed by atoms with E-state index >= 15 is 0 Å². The molecule has 328 valence electrons. The number of imidazole rings is 2. The average molecular weight is 871 g/mol. The second-order valence-electron chi connectivity index (χ2n) is 19.7. The van der Waals surface area contributed by atoms with E-state index in [9.17, 15) is 0 Å². The lowest BCUT2D eigenvalue weighted by Gasteiger charge is -2.22. The summed E-state index contributed by atoms with van der Waals surface area (Å²) in [4.78, 5) is 10.6. The second-order valence-corrected chi connectivity index (χ2v) is 19.7. The molecule has 4 aromatic heterocycles. The van der Waals surface area contributed by atoms with Crippen molar-refractivity contribution in [2.75, 3.05) is 0 Å². The molecule has 5 nitrogen and oxygen atoms in total. The highest BCUT2D eigenvalue weighted by Gasteiger charge is 2.23. The summed E-state index contributed by atoms with van der Waals surface area (Å²) in [5.41, 5.74) is 18.9. The molecular weight excluding hydrogens is 817 g/mol. The standard InChI is InChI=1S/C62H54N4O/c1-35(2)42-16-13-17-43(36(3)4)58(42)39-26-29-47-46-30-27-40(33-50(46)61-63-53-22-10-12-24-55(53)66(61)57(47)32-39)67-41-28-31-48-51(34-41)62-64-52-21-9-11-23-54(52)65(62)56-25-15-20-49(60(48)56)59-44(37(5)6)18-14-19-45(59)38(7)8/h9-38H,1-8H3. The van der Waals surface area contributed by atoms with Crippen LogP contribution in [0.15, 0.2) is 158 Å². The van der Waals surface area contributed by atoms with E-state index in [1.165, 1.54) is 55.3 Å². The van der Waals surface area contributed by atoms with Crippen molar-refractivity contribution in [2.24, 2.45) is 0 Å². The van der Waals surface area contributed by atoms with Crippen LogP contribution in [0.4, 0.5) is 0 Å². The van der Waals surface area contributed by atoms with Gasteiger partial charge in [-0.3, -0.25) is 8.80 Å². The van der Waals surface area contributed by atoms with Gasteiger partial charge < -0.3 is 4.74 Å². The van der Waals surface area contributed by atoms with Crippen LogP contribution in [-0.2, 0) is 0 Å². The predicted octanol–water partition coefficient (Wildman–Crippen LogP) is 17.5. The summed E-state index contributed by atoms with van der Waals surface area (Å²) in [6.07, 6.45) is 0. The van der Waals surface area contributed by atoms with Gasteiger partial charge in [0.25, 0.3) is 0 Å². The van der Waals surface area contributed by atoms with Gasteiger partial charge in [-0.05, 0) is 152 Å². The summed E-state index contributed by atoms with van der Waals surface area (Å²) in [7, 11) is 0. The Labute approximate surface area is 391 Å². The Morgan fingerprint density at radius 2 is 0.836 bits per heavy atom. The van der Waals surface area contributed by atoms with Crippen LogP contribution in [0, 0.1) is 0 Å². The third-order valence-electron chi connectivity index (χ3n) is 14.2. The monoisotopic (exact) mass is 870 g/mol. The topological polar surface area (TPSA) is 43.8 Å². The minimum atomic E-state index is 0.358. The summed E-state index contributed by atoms with van der Waals surface area (Å²) >= 11 is 0. The first-order valence-corrected chi connectivity index (χ1v) is 24.0. The Bertz CT molecular complexity index is 3920. The van der Waals surface area contributed by atoms with Crippen LogP contribution in [0.2, 0.25) is 0 Å². The third-order valence-corrected chi connectivity index (χ3v) is 14.2. The van der Waals surface area contributed by atoms with E-state index in [4.69, 9.17) is 14.7 Å². The van der Waals surface area contributed by atoms with Gasteiger partial charge >= 0.3 is 0 Å². The minimum absolute atomic E-state index is 0.358. The van der Waals surface area contributed by atoms with Crippen LogP contribution >= 0.6 is 0 Å². The number of ether oxygens (including phenoxy) is 1. The number of benzene rings is 8. The van der Waals surface area contributed by atoms with Gasteiger partial charge in [0.05, 0.1) is 33.1 Å². The van der Waals surface area contributed by atoms with Gasteiger partial charge in [0.15, 0.2) is 0 Å². The first-order valence-electron chi connectivity index (χ1n) is 24.0. The number of rotatable bonds is 8. The average Bonchev–Trinajstić information content (AvgIpc) is 3.93. The van der Waals surface area contributed by atoms with Gasteiger partial charge in [-0.2, -0.15) is 0 Å². The lowest BCUT2D eigenvalue weighted by atomic mass is 9.83. The molecule has 0 amide bonds. The van der Waals surface area contributed by atoms with Crippen molar-refractivity contribution in [1.82, 2.24) is 18.8 Å². The molecule has 12 rings (SSSR count). The lowest BCUT2D eigenvalue weighted by Crippen LogP contribution is -2.01. The van der Waals surface area contributed by atoms with E-state index < -0.39 is 0 Å². The fourth-order valence-electron chi connectivity index (χ4n) is 11.1. The van der Waals surface area contributed by atoms with Crippen LogP contribution in [-0.4, -0.2) is 18.8 Å². The number of fused-ring (bicyclic) bond motifs is 16. The molecular formula is C62H54N4O. The molecule has 12 aromatic rings. The van der Waals surface area contributed by atoms with E-state index in [2.05, 4.69) is 222 Å². The Morgan fingerprint density at radius 1 is 0.373 bits per heavy atom. The van der Waals surface area contributed by atoms with E-state index in [0.29, 0.717) is 23.7 Å². The summed E-state index contributed by atoms with van der Waals surface area (Å²) in [6, 6.07) is 57.5. The van der Waals surface area contributed by atoms with Crippen molar-refractivity contribution in [2.45, 2.75) is 79.1 Å². The zero-order chi connectivity index (χ0) is 45.8. The molecule has 0 aliphatic rings. The predicted molar refractivity (Wildman–Crippen MR) is 283 cm³/mol. The molecule has 0 aliphatic heterocycles. The third kappa shape index (κ3) is 6.35.